The minimum atomic E-state index is 0.0836. The quantitative estimate of drug-likeness (QED) is 0.190. The van der Waals surface area contributed by atoms with Gasteiger partial charge in [-0.15, -0.1) is 0 Å². The lowest BCUT2D eigenvalue weighted by Gasteiger charge is -2.34. The number of ether oxygens (including phenoxy) is 1. The first-order chi connectivity index (χ1) is 23.0. The summed E-state index contributed by atoms with van der Waals surface area (Å²) < 4.78 is 6.48. The molecular formula is C44H40N2OS. The summed E-state index contributed by atoms with van der Waals surface area (Å²) in [5, 5.41) is 0. The minimum absolute atomic E-state index is 0.0836. The Morgan fingerprint density at radius 3 is 1.54 bits per heavy atom. The number of fused-ring (bicyclic) bond motifs is 4. The van der Waals surface area contributed by atoms with Crippen molar-refractivity contribution in [3.05, 3.63) is 145 Å². The van der Waals surface area contributed by atoms with E-state index in [1.165, 1.54) is 32.3 Å². The van der Waals surface area contributed by atoms with Gasteiger partial charge in [0.05, 0.1) is 22.7 Å². The van der Waals surface area contributed by atoms with Crippen LogP contribution in [0.5, 0.6) is 11.5 Å². The number of rotatable bonds is 3. The van der Waals surface area contributed by atoms with E-state index in [0.29, 0.717) is 0 Å². The number of nitrogens with zero attached hydrogens (tertiary/aromatic N) is 2. The molecule has 48 heavy (non-hydrogen) atoms. The van der Waals surface area contributed by atoms with Gasteiger partial charge in [-0.1, -0.05) is 114 Å². The van der Waals surface area contributed by atoms with E-state index in [9.17, 15) is 0 Å². The smallest absolute Gasteiger partial charge is 0.151 e. The molecule has 3 nitrogen and oxygen atoms in total. The Balaban J connectivity index is 1.23. The van der Waals surface area contributed by atoms with Crippen molar-refractivity contribution in [1.82, 2.24) is 0 Å². The van der Waals surface area contributed by atoms with Crippen molar-refractivity contribution in [2.24, 2.45) is 0 Å². The summed E-state index contributed by atoms with van der Waals surface area (Å²) in [6.07, 6.45) is 0. The van der Waals surface area contributed by atoms with E-state index in [-0.39, 0.29) is 10.8 Å². The van der Waals surface area contributed by atoms with Crippen molar-refractivity contribution < 1.29 is 4.74 Å². The molecule has 0 fully saturated rings. The Hall–Kier alpha value is -4.93. The van der Waals surface area contributed by atoms with Crippen LogP contribution in [-0.4, -0.2) is 0 Å². The zero-order valence-electron chi connectivity index (χ0n) is 28.4. The molecule has 238 valence electrons. The molecule has 0 saturated carbocycles. The molecule has 8 rings (SSSR count). The fraction of sp³-hybridized carbons (Fsp3) is 0.182. The summed E-state index contributed by atoms with van der Waals surface area (Å²) in [5.74, 6) is 1.70. The molecule has 4 heteroatoms. The number of hydrogen-bond acceptors (Lipinski definition) is 4. The topological polar surface area (TPSA) is 15.7 Å². The van der Waals surface area contributed by atoms with Crippen molar-refractivity contribution in [2.75, 3.05) is 9.80 Å². The highest BCUT2D eigenvalue weighted by Gasteiger charge is 2.29. The van der Waals surface area contributed by atoms with Gasteiger partial charge in [-0.3, -0.25) is 0 Å². The van der Waals surface area contributed by atoms with Crippen LogP contribution >= 0.6 is 11.8 Å². The second kappa shape index (κ2) is 11.4. The summed E-state index contributed by atoms with van der Waals surface area (Å²) in [6.45, 7) is 13.6. The normalized spacial score (nSPS) is 13.6. The zero-order chi connectivity index (χ0) is 33.2. The van der Waals surface area contributed by atoms with Gasteiger partial charge in [0.25, 0.3) is 0 Å². The van der Waals surface area contributed by atoms with Crippen LogP contribution in [0.3, 0.4) is 0 Å². The lowest BCUT2D eigenvalue weighted by Crippen LogP contribution is -2.17. The highest BCUT2D eigenvalue weighted by atomic mass is 32.2. The Morgan fingerprint density at radius 2 is 0.917 bits per heavy atom. The molecule has 0 unspecified atom stereocenters. The Bertz CT molecular complexity index is 2000. The first kappa shape index (κ1) is 30.4. The highest BCUT2D eigenvalue weighted by molar-refractivity contribution is 7.99. The molecule has 0 radical (unpaired) electrons. The van der Waals surface area contributed by atoms with Gasteiger partial charge in [0.1, 0.15) is 0 Å². The highest BCUT2D eigenvalue weighted by Crippen LogP contribution is 2.54. The van der Waals surface area contributed by atoms with Crippen molar-refractivity contribution in [1.29, 1.82) is 0 Å². The maximum absolute atomic E-state index is 6.48. The molecule has 0 spiro atoms. The number of para-hydroxylation sites is 3. The number of anilines is 6. The molecule has 0 aromatic heterocycles. The van der Waals surface area contributed by atoms with Crippen LogP contribution in [0.4, 0.5) is 34.1 Å². The van der Waals surface area contributed by atoms with Crippen LogP contribution in [0.15, 0.2) is 143 Å². The largest absolute Gasteiger partial charge is 0.453 e. The van der Waals surface area contributed by atoms with Crippen LogP contribution in [-0.2, 0) is 10.8 Å². The van der Waals surface area contributed by atoms with E-state index in [1.807, 2.05) is 23.9 Å². The Labute approximate surface area is 288 Å². The minimum Gasteiger partial charge on any atom is -0.453 e. The Kier molecular flexibility index (Phi) is 7.19. The molecule has 6 aromatic rings. The molecular weight excluding hydrogens is 605 g/mol. The summed E-state index contributed by atoms with van der Waals surface area (Å²) >= 11 is 1.84. The summed E-state index contributed by atoms with van der Waals surface area (Å²) in [4.78, 5) is 7.25. The van der Waals surface area contributed by atoms with Gasteiger partial charge in [-0.2, -0.15) is 0 Å². The Morgan fingerprint density at radius 1 is 0.438 bits per heavy atom. The van der Waals surface area contributed by atoms with Crippen molar-refractivity contribution >= 4 is 45.9 Å². The van der Waals surface area contributed by atoms with E-state index in [2.05, 4.69) is 173 Å². The fourth-order valence-corrected chi connectivity index (χ4v) is 7.68. The van der Waals surface area contributed by atoms with Gasteiger partial charge in [0.15, 0.2) is 11.5 Å². The van der Waals surface area contributed by atoms with Gasteiger partial charge in [-0.05, 0) is 106 Å². The molecule has 2 heterocycles. The summed E-state index contributed by atoms with van der Waals surface area (Å²) in [7, 11) is 0. The standard InChI is InChI=1S/C44H40N2OS/c1-43(2,3)31-17-21-33(22-18-31)45-35-11-7-9-13-39(35)47-40-25-15-29(27-37(40)45)30-16-26-42-38(28-30)46(36-12-8-10-14-41(36)48-42)34-23-19-32(20-24-34)44(4,5)6/h7-28H,1-6H3. The third-order valence-electron chi connectivity index (χ3n) is 9.37. The van der Waals surface area contributed by atoms with Gasteiger partial charge >= 0.3 is 0 Å². The van der Waals surface area contributed by atoms with Gasteiger partial charge in [-0.25, -0.2) is 0 Å². The summed E-state index contributed by atoms with van der Waals surface area (Å²) in [6, 6.07) is 48.5. The monoisotopic (exact) mass is 644 g/mol. The van der Waals surface area contributed by atoms with Crippen LogP contribution in [0, 0.1) is 0 Å². The van der Waals surface area contributed by atoms with Gasteiger partial charge in [0, 0.05) is 21.2 Å². The van der Waals surface area contributed by atoms with E-state index in [4.69, 9.17) is 4.74 Å². The molecule has 0 saturated heterocycles. The molecule has 0 amide bonds. The van der Waals surface area contributed by atoms with Gasteiger partial charge in [0.2, 0.25) is 0 Å². The van der Waals surface area contributed by atoms with Crippen LogP contribution in [0.1, 0.15) is 52.7 Å². The van der Waals surface area contributed by atoms with E-state index in [0.717, 1.165) is 45.4 Å². The second-order valence-corrected chi connectivity index (χ2v) is 15.9. The van der Waals surface area contributed by atoms with E-state index >= 15 is 0 Å². The fourth-order valence-electron chi connectivity index (χ4n) is 6.65. The molecule has 2 aliphatic rings. The van der Waals surface area contributed by atoms with Crippen molar-refractivity contribution in [2.45, 2.75) is 62.2 Å². The lowest BCUT2D eigenvalue weighted by atomic mass is 9.87. The maximum Gasteiger partial charge on any atom is 0.151 e. The molecule has 6 aromatic carbocycles. The molecule has 0 N–H and O–H groups in total. The van der Waals surface area contributed by atoms with Gasteiger partial charge < -0.3 is 14.5 Å². The van der Waals surface area contributed by atoms with Crippen molar-refractivity contribution in [3.8, 4) is 22.6 Å². The van der Waals surface area contributed by atoms with E-state index < -0.39 is 0 Å². The predicted molar refractivity (Wildman–Crippen MR) is 203 cm³/mol. The van der Waals surface area contributed by atoms with Crippen LogP contribution in [0.25, 0.3) is 11.1 Å². The van der Waals surface area contributed by atoms with Crippen LogP contribution < -0.4 is 14.5 Å². The third kappa shape index (κ3) is 5.35. The number of hydrogen-bond donors (Lipinski definition) is 0. The maximum atomic E-state index is 6.48. The first-order valence-corrected chi connectivity index (χ1v) is 17.5. The molecule has 0 bridgehead atoms. The summed E-state index contributed by atoms with van der Waals surface area (Å²) in [5.41, 5.74) is 11.9. The first-order valence-electron chi connectivity index (χ1n) is 16.7. The third-order valence-corrected chi connectivity index (χ3v) is 10.5. The molecule has 2 aliphatic heterocycles. The lowest BCUT2D eigenvalue weighted by molar-refractivity contribution is 0.477. The zero-order valence-corrected chi connectivity index (χ0v) is 29.2. The molecule has 0 aliphatic carbocycles. The van der Waals surface area contributed by atoms with Crippen molar-refractivity contribution in [3.63, 3.8) is 0 Å². The van der Waals surface area contributed by atoms with Crippen LogP contribution in [0.2, 0.25) is 0 Å². The van der Waals surface area contributed by atoms with E-state index in [1.54, 1.807) is 0 Å². The molecule has 0 atom stereocenters. The average Bonchev–Trinajstić information content (AvgIpc) is 3.08. The SMILES string of the molecule is CC(C)(C)c1ccc(N2c3ccccc3Oc3ccc(-c4ccc5c(c4)N(c4ccc(C(C)(C)C)cc4)c4ccccc4S5)cc32)cc1. The average molecular weight is 645 g/mol. The number of benzene rings is 6. The second-order valence-electron chi connectivity index (χ2n) is 14.8. The predicted octanol–water partition coefficient (Wildman–Crippen LogP) is 13.5.